The number of hydrogen-bond acceptors (Lipinski definition) is 1. The molecule has 0 aliphatic heterocycles. The first-order chi connectivity index (χ1) is 5.74. The summed E-state index contributed by atoms with van der Waals surface area (Å²) < 4.78 is 12.5. The second-order valence-corrected chi connectivity index (χ2v) is 3.41. The van der Waals surface area contributed by atoms with Gasteiger partial charge in [0, 0.05) is 5.75 Å². The number of halogens is 1. The van der Waals surface area contributed by atoms with Crippen LogP contribution in [0.3, 0.4) is 0 Å². The summed E-state index contributed by atoms with van der Waals surface area (Å²) in [7, 11) is 0. The minimum absolute atomic E-state index is 0.198. The first kappa shape index (κ1) is 9.33. The highest BCUT2D eigenvalue weighted by Crippen LogP contribution is 2.16. The summed E-state index contributed by atoms with van der Waals surface area (Å²) in [5.41, 5.74) is 2.06. The molecule has 0 atom stereocenters. The molecule has 1 rings (SSSR count). The first-order valence-electron chi connectivity index (χ1n) is 3.66. The van der Waals surface area contributed by atoms with Gasteiger partial charge >= 0.3 is 0 Å². The lowest BCUT2D eigenvalue weighted by atomic mass is 10.1. The van der Waals surface area contributed by atoms with Gasteiger partial charge in [-0.15, -0.1) is 0 Å². The monoisotopic (exact) mass is 182 g/mol. The predicted octanol–water partition coefficient (Wildman–Crippen LogP) is 3.20. The van der Waals surface area contributed by atoms with Gasteiger partial charge in [0.2, 0.25) is 0 Å². The third-order valence-electron chi connectivity index (χ3n) is 1.57. The fourth-order valence-corrected chi connectivity index (χ4v) is 1.46. The van der Waals surface area contributed by atoms with Gasteiger partial charge in [0.25, 0.3) is 0 Å². The second-order valence-electron chi connectivity index (χ2n) is 2.54. The Bertz CT molecular complexity index is 264. The van der Waals surface area contributed by atoms with Gasteiger partial charge in [-0.3, -0.25) is 0 Å². The molecule has 0 saturated carbocycles. The molecule has 2 heteroatoms. The molecule has 0 nitrogen and oxygen atoms in total. The molecule has 0 N–H and O–H groups in total. The molecular weight excluding hydrogens is 171 g/mol. The van der Waals surface area contributed by atoms with Gasteiger partial charge in [-0.05, 0) is 29.5 Å². The Balaban J connectivity index is 2.75. The summed E-state index contributed by atoms with van der Waals surface area (Å²) >= 11 is 1.72. The zero-order valence-corrected chi connectivity index (χ0v) is 7.83. The van der Waals surface area contributed by atoms with Crippen LogP contribution in [-0.2, 0) is 0 Å². The summed E-state index contributed by atoms with van der Waals surface area (Å²) in [4.78, 5) is 0. The van der Waals surface area contributed by atoms with Gasteiger partial charge in [-0.2, -0.15) is 11.8 Å². The van der Waals surface area contributed by atoms with Crippen LogP contribution < -0.4 is 0 Å². The third kappa shape index (κ3) is 2.38. The highest BCUT2D eigenvalue weighted by Gasteiger charge is 1.97. The molecule has 1 aromatic rings. The van der Waals surface area contributed by atoms with Crippen LogP contribution >= 0.6 is 11.8 Å². The molecular formula is C10H11FS. The Kier molecular flexibility index (Phi) is 3.35. The molecule has 0 spiro atoms. The molecule has 0 aliphatic carbocycles. The van der Waals surface area contributed by atoms with E-state index in [1.54, 1.807) is 23.9 Å². The average Bonchev–Trinajstić information content (AvgIpc) is 2.06. The van der Waals surface area contributed by atoms with Crippen LogP contribution in [-0.4, -0.2) is 12.0 Å². The van der Waals surface area contributed by atoms with Gasteiger partial charge in [0.05, 0.1) is 0 Å². The fourth-order valence-electron chi connectivity index (χ4n) is 0.943. The van der Waals surface area contributed by atoms with Crippen LogP contribution in [0.2, 0.25) is 0 Å². The maximum absolute atomic E-state index is 12.5. The van der Waals surface area contributed by atoms with Crippen molar-refractivity contribution in [3.05, 3.63) is 42.2 Å². The molecule has 0 bridgehead atoms. The molecule has 64 valence electrons. The van der Waals surface area contributed by atoms with Crippen LogP contribution in [0.4, 0.5) is 4.39 Å². The van der Waals surface area contributed by atoms with Gasteiger partial charge < -0.3 is 0 Å². The minimum Gasteiger partial charge on any atom is -0.207 e. The van der Waals surface area contributed by atoms with E-state index in [1.807, 2.05) is 6.26 Å². The van der Waals surface area contributed by atoms with Crippen molar-refractivity contribution in [3.8, 4) is 0 Å². The maximum Gasteiger partial charge on any atom is 0.123 e. The number of thioether (sulfide) groups is 1. The average molecular weight is 182 g/mol. The minimum atomic E-state index is -0.198. The first-order valence-corrected chi connectivity index (χ1v) is 5.06. The molecule has 0 fully saturated rings. The van der Waals surface area contributed by atoms with E-state index in [-0.39, 0.29) is 5.82 Å². The van der Waals surface area contributed by atoms with Gasteiger partial charge in [-0.25, -0.2) is 4.39 Å². The number of hydrogen-bond donors (Lipinski definition) is 0. The van der Waals surface area contributed by atoms with Crippen LogP contribution in [0.5, 0.6) is 0 Å². The van der Waals surface area contributed by atoms with E-state index in [4.69, 9.17) is 0 Å². The maximum atomic E-state index is 12.5. The van der Waals surface area contributed by atoms with Crippen molar-refractivity contribution in [1.29, 1.82) is 0 Å². The molecule has 0 heterocycles. The molecule has 0 radical (unpaired) electrons. The normalized spacial score (nSPS) is 9.83. The highest BCUT2D eigenvalue weighted by atomic mass is 32.2. The van der Waals surface area contributed by atoms with Crippen molar-refractivity contribution in [3.63, 3.8) is 0 Å². The van der Waals surface area contributed by atoms with Gasteiger partial charge in [-0.1, -0.05) is 18.7 Å². The van der Waals surface area contributed by atoms with E-state index in [1.165, 1.54) is 12.1 Å². The summed E-state index contributed by atoms with van der Waals surface area (Å²) in [6, 6.07) is 6.43. The molecule has 0 amide bonds. The van der Waals surface area contributed by atoms with Crippen molar-refractivity contribution in [2.75, 3.05) is 12.0 Å². The molecule has 1 aromatic carbocycles. The van der Waals surface area contributed by atoms with Crippen molar-refractivity contribution in [2.24, 2.45) is 0 Å². The Labute approximate surface area is 76.5 Å². The Morgan fingerprint density at radius 3 is 2.50 bits per heavy atom. The molecule has 0 aliphatic rings. The zero-order chi connectivity index (χ0) is 8.97. The fraction of sp³-hybridized carbons (Fsp3) is 0.200. The lowest BCUT2D eigenvalue weighted by molar-refractivity contribution is 0.627. The summed E-state index contributed by atoms with van der Waals surface area (Å²) in [6.45, 7) is 3.90. The Morgan fingerprint density at radius 2 is 2.00 bits per heavy atom. The lowest BCUT2D eigenvalue weighted by Gasteiger charge is -2.02. The Morgan fingerprint density at radius 1 is 1.42 bits per heavy atom. The van der Waals surface area contributed by atoms with Crippen LogP contribution in [0.15, 0.2) is 30.8 Å². The molecule has 0 aromatic heterocycles. The molecule has 0 saturated heterocycles. The van der Waals surface area contributed by atoms with Crippen LogP contribution in [0.25, 0.3) is 5.57 Å². The summed E-state index contributed by atoms with van der Waals surface area (Å²) in [5, 5.41) is 0. The molecule has 0 unspecified atom stereocenters. The highest BCUT2D eigenvalue weighted by molar-refractivity contribution is 7.99. The van der Waals surface area contributed by atoms with E-state index in [9.17, 15) is 4.39 Å². The van der Waals surface area contributed by atoms with Crippen molar-refractivity contribution in [2.45, 2.75) is 0 Å². The predicted molar refractivity (Wildman–Crippen MR) is 53.8 cm³/mol. The standard InChI is InChI=1S/C10H11FS/c1-8(7-12-2)9-3-5-10(11)6-4-9/h3-6H,1,7H2,2H3. The van der Waals surface area contributed by atoms with Crippen molar-refractivity contribution < 1.29 is 4.39 Å². The quantitative estimate of drug-likeness (QED) is 0.691. The van der Waals surface area contributed by atoms with Crippen LogP contribution in [0, 0.1) is 5.82 Å². The van der Waals surface area contributed by atoms with E-state index in [0.29, 0.717) is 0 Å². The summed E-state index contributed by atoms with van der Waals surface area (Å²) in [6.07, 6.45) is 2.02. The van der Waals surface area contributed by atoms with E-state index < -0.39 is 0 Å². The second kappa shape index (κ2) is 4.31. The third-order valence-corrected chi connectivity index (χ3v) is 2.21. The van der Waals surface area contributed by atoms with Gasteiger partial charge in [0.15, 0.2) is 0 Å². The SMILES string of the molecule is C=C(CSC)c1ccc(F)cc1. The Hall–Kier alpha value is -0.760. The topological polar surface area (TPSA) is 0 Å². The van der Waals surface area contributed by atoms with E-state index in [2.05, 4.69) is 6.58 Å². The zero-order valence-electron chi connectivity index (χ0n) is 7.01. The van der Waals surface area contributed by atoms with Crippen LogP contribution in [0.1, 0.15) is 5.56 Å². The van der Waals surface area contributed by atoms with Crippen molar-refractivity contribution in [1.82, 2.24) is 0 Å². The van der Waals surface area contributed by atoms with E-state index >= 15 is 0 Å². The smallest absolute Gasteiger partial charge is 0.123 e. The van der Waals surface area contributed by atoms with Gasteiger partial charge in [0.1, 0.15) is 5.82 Å². The van der Waals surface area contributed by atoms with E-state index in [0.717, 1.165) is 16.9 Å². The number of benzene rings is 1. The van der Waals surface area contributed by atoms with Crippen molar-refractivity contribution >= 4 is 17.3 Å². The number of rotatable bonds is 3. The lowest BCUT2D eigenvalue weighted by Crippen LogP contribution is -1.85. The largest absolute Gasteiger partial charge is 0.207 e. The molecule has 12 heavy (non-hydrogen) atoms. The summed E-state index contributed by atoms with van der Waals surface area (Å²) in [5.74, 6) is 0.696.